The molecule has 2 N–H and O–H groups in total. The van der Waals surface area contributed by atoms with Gasteiger partial charge in [-0.15, -0.1) is 0 Å². The average molecular weight is 275 g/mol. The molecule has 0 aliphatic carbocycles. The zero-order valence-corrected chi connectivity index (χ0v) is 11.7. The molecule has 0 unspecified atom stereocenters. The molecule has 2 aromatic carbocycles. The number of methoxy groups -OCH3 is 3. The molecule has 20 heavy (non-hydrogen) atoms. The van der Waals surface area contributed by atoms with Crippen molar-refractivity contribution in [3.63, 3.8) is 0 Å². The lowest BCUT2D eigenvalue weighted by atomic mass is 10.2. The van der Waals surface area contributed by atoms with Crippen LogP contribution in [-0.2, 0) is 0 Å². The standard InChI is InChI=1S/C15H17NO4/c1-17-10-4-6-12(16)14(8-10)20-13-7-5-11(18-2)9-15(13)19-3/h4-9H,16H2,1-3H3. The summed E-state index contributed by atoms with van der Waals surface area (Å²) in [6.07, 6.45) is 0. The molecule has 0 saturated carbocycles. The molecule has 0 bridgehead atoms. The molecular formula is C15H17NO4. The van der Waals surface area contributed by atoms with Crippen LogP contribution in [0.1, 0.15) is 0 Å². The van der Waals surface area contributed by atoms with E-state index in [-0.39, 0.29) is 0 Å². The highest BCUT2D eigenvalue weighted by atomic mass is 16.5. The molecule has 106 valence electrons. The molecule has 0 amide bonds. The number of nitrogen functional groups attached to an aromatic ring is 1. The van der Waals surface area contributed by atoms with E-state index in [0.717, 1.165) is 0 Å². The highest BCUT2D eigenvalue weighted by molar-refractivity contribution is 5.58. The van der Waals surface area contributed by atoms with Gasteiger partial charge in [-0.05, 0) is 24.3 Å². The lowest BCUT2D eigenvalue weighted by Gasteiger charge is -2.13. The van der Waals surface area contributed by atoms with E-state index in [1.165, 1.54) is 0 Å². The summed E-state index contributed by atoms with van der Waals surface area (Å²) in [6.45, 7) is 0. The minimum Gasteiger partial charge on any atom is -0.497 e. The first-order valence-corrected chi connectivity index (χ1v) is 6.01. The number of anilines is 1. The van der Waals surface area contributed by atoms with Crippen LogP contribution in [0.5, 0.6) is 28.7 Å². The van der Waals surface area contributed by atoms with Crippen LogP contribution in [0.2, 0.25) is 0 Å². The SMILES string of the molecule is COc1ccc(N)c(Oc2ccc(OC)cc2OC)c1. The van der Waals surface area contributed by atoms with E-state index >= 15 is 0 Å². The third-order valence-electron chi connectivity index (χ3n) is 2.81. The number of hydrogen-bond acceptors (Lipinski definition) is 5. The number of rotatable bonds is 5. The minimum absolute atomic E-state index is 0.507. The molecule has 5 nitrogen and oxygen atoms in total. The van der Waals surface area contributed by atoms with E-state index in [4.69, 9.17) is 24.7 Å². The molecule has 2 aromatic rings. The Labute approximate surface area is 117 Å². The van der Waals surface area contributed by atoms with Crippen LogP contribution < -0.4 is 24.7 Å². The van der Waals surface area contributed by atoms with Crippen molar-refractivity contribution in [1.29, 1.82) is 0 Å². The quantitative estimate of drug-likeness (QED) is 0.849. The van der Waals surface area contributed by atoms with Gasteiger partial charge < -0.3 is 24.7 Å². The second kappa shape index (κ2) is 6.06. The molecule has 0 aromatic heterocycles. The van der Waals surface area contributed by atoms with E-state index in [2.05, 4.69) is 0 Å². The van der Waals surface area contributed by atoms with Gasteiger partial charge in [0.05, 0.1) is 27.0 Å². The van der Waals surface area contributed by atoms with Gasteiger partial charge in [0.25, 0.3) is 0 Å². The van der Waals surface area contributed by atoms with Gasteiger partial charge in [-0.1, -0.05) is 0 Å². The Balaban J connectivity index is 2.34. The zero-order valence-electron chi connectivity index (χ0n) is 11.7. The van der Waals surface area contributed by atoms with E-state index in [9.17, 15) is 0 Å². The first kappa shape index (κ1) is 13.9. The van der Waals surface area contributed by atoms with Crippen molar-refractivity contribution in [3.8, 4) is 28.7 Å². The van der Waals surface area contributed by atoms with Crippen LogP contribution in [0.25, 0.3) is 0 Å². The van der Waals surface area contributed by atoms with Gasteiger partial charge in [0.1, 0.15) is 11.5 Å². The largest absolute Gasteiger partial charge is 0.497 e. The van der Waals surface area contributed by atoms with Gasteiger partial charge >= 0.3 is 0 Å². The van der Waals surface area contributed by atoms with E-state index < -0.39 is 0 Å². The monoisotopic (exact) mass is 275 g/mol. The lowest BCUT2D eigenvalue weighted by molar-refractivity contribution is 0.367. The van der Waals surface area contributed by atoms with Gasteiger partial charge in [0, 0.05) is 12.1 Å². The molecule has 0 heterocycles. The fraction of sp³-hybridized carbons (Fsp3) is 0.200. The minimum atomic E-state index is 0.507. The molecule has 0 radical (unpaired) electrons. The van der Waals surface area contributed by atoms with Crippen molar-refractivity contribution in [3.05, 3.63) is 36.4 Å². The van der Waals surface area contributed by atoms with Crippen molar-refractivity contribution < 1.29 is 18.9 Å². The van der Waals surface area contributed by atoms with Gasteiger partial charge in [-0.25, -0.2) is 0 Å². The van der Waals surface area contributed by atoms with Crippen LogP contribution in [0.15, 0.2) is 36.4 Å². The normalized spacial score (nSPS) is 9.95. The Morgan fingerprint density at radius 1 is 0.700 bits per heavy atom. The zero-order chi connectivity index (χ0) is 14.5. The van der Waals surface area contributed by atoms with Crippen molar-refractivity contribution in [2.75, 3.05) is 27.1 Å². The second-order valence-electron chi connectivity index (χ2n) is 4.02. The fourth-order valence-corrected chi connectivity index (χ4v) is 1.71. The van der Waals surface area contributed by atoms with Crippen LogP contribution in [-0.4, -0.2) is 21.3 Å². The van der Waals surface area contributed by atoms with Crippen molar-refractivity contribution >= 4 is 5.69 Å². The summed E-state index contributed by atoms with van der Waals surface area (Å²) in [5.41, 5.74) is 6.41. The average Bonchev–Trinajstić information content (AvgIpc) is 2.49. The highest BCUT2D eigenvalue weighted by Gasteiger charge is 2.10. The molecule has 0 aliphatic rings. The van der Waals surface area contributed by atoms with Crippen LogP contribution in [0.4, 0.5) is 5.69 Å². The molecule has 0 spiro atoms. The predicted octanol–water partition coefficient (Wildman–Crippen LogP) is 3.09. The molecule has 0 fully saturated rings. The van der Waals surface area contributed by atoms with Gasteiger partial charge in [-0.2, -0.15) is 0 Å². The van der Waals surface area contributed by atoms with Crippen LogP contribution in [0, 0.1) is 0 Å². The van der Waals surface area contributed by atoms with Crippen LogP contribution in [0.3, 0.4) is 0 Å². The second-order valence-corrected chi connectivity index (χ2v) is 4.02. The molecule has 2 rings (SSSR count). The Hall–Kier alpha value is -2.56. The van der Waals surface area contributed by atoms with E-state index in [0.29, 0.717) is 34.4 Å². The predicted molar refractivity (Wildman–Crippen MR) is 77.0 cm³/mol. The smallest absolute Gasteiger partial charge is 0.169 e. The summed E-state index contributed by atoms with van der Waals surface area (Å²) >= 11 is 0. The molecule has 5 heteroatoms. The summed E-state index contributed by atoms with van der Waals surface area (Å²) in [7, 11) is 4.75. The Morgan fingerprint density at radius 3 is 1.90 bits per heavy atom. The van der Waals surface area contributed by atoms with Crippen LogP contribution >= 0.6 is 0 Å². The van der Waals surface area contributed by atoms with Gasteiger partial charge in [0.2, 0.25) is 0 Å². The summed E-state index contributed by atoms with van der Waals surface area (Å²) < 4.78 is 21.4. The Bertz CT molecular complexity index is 598. The van der Waals surface area contributed by atoms with Crippen molar-refractivity contribution in [2.45, 2.75) is 0 Å². The summed E-state index contributed by atoms with van der Waals surface area (Å²) in [5, 5.41) is 0. The van der Waals surface area contributed by atoms with Gasteiger partial charge in [0.15, 0.2) is 17.2 Å². The van der Waals surface area contributed by atoms with E-state index in [1.807, 2.05) is 0 Å². The lowest BCUT2D eigenvalue weighted by Crippen LogP contribution is -1.96. The highest BCUT2D eigenvalue weighted by Crippen LogP contribution is 2.37. The number of nitrogens with two attached hydrogens (primary N) is 1. The summed E-state index contributed by atoms with van der Waals surface area (Å²) in [4.78, 5) is 0. The molecule has 0 atom stereocenters. The summed E-state index contributed by atoms with van der Waals surface area (Å²) in [6, 6.07) is 10.5. The molecular weight excluding hydrogens is 258 g/mol. The number of benzene rings is 2. The van der Waals surface area contributed by atoms with Crippen molar-refractivity contribution in [2.24, 2.45) is 0 Å². The molecule has 0 aliphatic heterocycles. The number of ether oxygens (including phenoxy) is 4. The first-order valence-electron chi connectivity index (χ1n) is 6.01. The maximum atomic E-state index is 5.89. The maximum absolute atomic E-state index is 5.89. The maximum Gasteiger partial charge on any atom is 0.169 e. The Morgan fingerprint density at radius 2 is 1.30 bits per heavy atom. The summed E-state index contributed by atoms with van der Waals surface area (Å²) in [5.74, 6) is 2.97. The molecule has 0 saturated heterocycles. The third-order valence-corrected chi connectivity index (χ3v) is 2.81. The van der Waals surface area contributed by atoms with E-state index in [1.54, 1.807) is 57.7 Å². The number of hydrogen-bond donors (Lipinski definition) is 1. The fourth-order valence-electron chi connectivity index (χ4n) is 1.71. The third kappa shape index (κ3) is 2.88. The van der Waals surface area contributed by atoms with Crippen molar-refractivity contribution in [1.82, 2.24) is 0 Å². The topological polar surface area (TPSA) is 62.9 Å². The van der Waals surface area contributed by atoms with Gasteiger partial charge in [-0.3, -0.25) is 0 Å². The Kier molecular flexibility index (Phi) is 4.20. The first-order chi connectivity index (χ1) is 9.67.